The van der Waals surface area contributed by atoms with Crippen molar-refractivity contribution >= 4 is 11.4 Å². The van der Waals surface area contributed by atoms with Crippen molar-refractivity contribution in [3.8, 4) is 28.4 Å². The van der Waals surface area contributed by atoms with Crippen molar-refractivity contribution in [2.24, 2.45) is 0 Å². The van der Waals surface area contributed by atoms with Crippen molar-refractivity contribution in [2.45, 2.75) is 46.3 Å². The molecule has 1 saturated heterocycles. The average molecular weight is 589 g/mol. The number of rotatable bonds is 9. The predicted molar refractivity (Wildman–Crippen MR) is 166 cm³/mol. The predicted octanol–water partition coefficient (Wildman–Crippen LogP) is 4.27. The van der Waals surface area contributed by atoms with Crippen LogP contribution in [0.5, 0.6) is 17.2 Å². The van der Waals surface area contributed by atoms with Crippen LogP contribution < -0.4 is 30.4 Å². The van der Waals surface area contributed by atoms with Gasteiger partial charge in [-0.1, -0.05) is 6.92 Å². The third-order valence-electron chi connectivity index (χ3n) is 8.30. The normalized spacial score (nSPS) is 15.7. The Morgan fingerprint density at radius 3 is 2.37 bits per heavy atom. The van der Waals surface area contributed by atoms with E-state index in [1.165, 1.54) is 0 Å². The maximum Gasteiger partial charge on any atom is 0.253 e. The van der Waals surface area contributed by atoms with Crippen LogP contribution in [0, 0.1) is 20.8 Å². The van der Waals surface area contributed by atoms with Crippen molar-refractivity contribution in [3.63, 3.8) is 0 Å². The number of hydrogen-bond acceptors (Lipinski definition) is 7. The number of carbonyl (C=O) groups is 1. The van der Waals surface area contributed by atoms with Gasteiger partial charge in [0.1, 0.15) is 0 Å². The molecule has 1 aromatic carbocycles. The van der Waals surface area contributed by atoms with Gasteiger partial charge in [0, 0.05) is 65.3 Å². The number of fused-ring (bicyclic) bond motifs is 1. The fourth-order valence-corrected chi connectivity index (χ4v) is 6.02. The van der Waals surface area contributed by atoms with E-state index in [0.717, 1.165) is 52.2 Å². The molecule has 1 amide bonds. The summed E-state index contributed by atoms with van der Waals surface area (Å²) < 4.78 is 25.0. The van der Waals surface area contributed by atoms with Gasteiger partial charge < -0.3 is 39.0 Å². The number of methoxy groups -OCH3 is 3. The lowest BCUT2D eigenvalue weighted by Gasteiger charge is -2.31. The Morgan fingerprint density at radius 1 is 1.05 bits per heavy atom. The smallest absolute Gasteiger partial charge is 0.253 e. The Morgan fingerprint density at radius 2 is 1.77 bits per heavy atom. The number of aryl methyl sites for hydroxylation is 2. The molecule has 0 saturated carbocycles. The highest BCUT2D eigenvalue weighted by Gasteiger charge is 2.28. The molecule has 0 spiro atoms. The molecule has 228 valence electrons. The van der Waals surface area contributed by atoms with Gasteiger partial charge in [0.25, 0.3) is 11.5 Å². The first-order valence-electron chi connectivity index (χ1n) is 14.4. The lowest BCUT2D eigenvalue weighted by Crippen LogP contribution is -2.41. The van der Waals surface area contributed by atoms with Gasteiger partial charge in [-0.25, -0.2) is 0 Å². The van der Waals surface area contributed by atoms with Crippen molar-refractivity contribution in [2.75, 3.05) is 41.0 Å². The van der Waals surface area contributed by atoms with E-state index in [9.17, 15) is 9.59 Å². The summed E-state index contributed by atoms with van der Waals surface area (Å²) in [4.78, 5) is 29.1. The monoisotopic (exact) mass is 588 g/mol. The van der Waals surface area contributed by atoms with Gasteiger partial charge in [0.05, 0.1) is 34.0 Å². The number of nitrogens with one attached hydrogen (secondary N) is 3. The Kier molecular flexibility index (Phi) is 8.79. The Labute approximate surface area is 251 Å². The Balaban J connectivity index is 1.61. The topological polar surface area (TPSA) is 115 Å². The van der Waals surface area contributed by atoms with Crippen molar-refractivity contribution in [3.05, 3.63) is 80.5 Å². The first kappa shape index (κ1) is 30.2. The molecule has 5 rings (SSSR count). The molecule has 0 radical (unpaired) electrons. The summed E-state index contributed by atoms with van der Waals surface area (Å²) in [7, 11) is 4.76. The standard InChI is InChI=1S/C33H40N4O6/c1-18-10-19(2)36-33(39)26(18)15-35-32(38)25-14-24-11-23(22-12-27(40-5)31(42-7)28(13-22)41-6)17-37(24)30(20(25)3)21(4)29-16-34-8-9-43-29/h10-14,17,21,29,34H,8-9,15-16H2,1-7H3,(H,35,38)(H,36,39). The zero-order valence-electron chi connectivity index (χ0n) is 25.8. The van der Waals surface area contributed by atoms with E-state index in [-0.39, 0.29) is 30.0 Å². The molecule has 1 aliphatic rings. The van der Waals surface area contributed by atoms with E-state index < -0.39 is 0 Å². The van der Waals surface area contributed by atoms with Crippen LogP contribution in [0.15, 0.2) is 41.3 Å². The Bertz CT molecular complexity index is 1690. The van der Waals surface area contributed by atoms with Crippen molar-refractivity contribution < 1.29 is 23.7 Å². The lowest BCUT2D eigenvalue weighted by atomic mass is 9.92. The van der Waals surface area contributed by atoms with Crippen molar-refractivity contribution in [1.82, 2.24) is 20.0 Å². The summed E-state index contributed by atoms with van der Waals surface area (Å²) in [6.07, 6.45) is 2.01. The van der Waals surface area contributed by atoms with Gasteiger partial charge in [0.15, 0.2) is 11.5 Å². The van der Waals surface area contributed by atoms with Crippen LogP contribution in [0.2, 0.25) is 0 Å². The minimum Gasteiger partial charge on any atom is -0.493 e. The van der Waals surface area contributed by atoms with E-state index in [1.54, 1.807) is 21.3 Å². The van der Waals surface area contributed by atoms with E-state index in [1.807, 2.05) is 51.1 Å². The van der Waals surface area contributed by atoms with E-state index >= 15 is 0 Å². The van der Waals surface area contributed by atoms with Gasteiger partial charge in [-0.2, -0.15) is 0 Å². The summed E-state index contributed by atoms with van der Waals surface area (Å²) in [6.45, 7) is 10.1. The molecule has 2 atom stereocenters. The number of pyridine rings is 2. The molecule has 1 aliphatic heterocycles. The number of carbonyl (C=O) groups excluding carboxylic acids is 1. The summed E-state index contributed by atoms with van der Waals surface area (Å²) in [5.41, 5.74) is 7.03. The fourth-order valence-electron chi connectivity index (χ4n) is 6.02. The van der Waals surface area contributed by atoms with Crippen LogP contribution in [0.3, 0.4) is 0 Å². The number of amides is 1. The average Bonchev–Trinajstić information content (AvgIpc) is 3.43. The molecule has 2 unspecified atom stereocenters. The minimum atomic E-state index is -0.244. The quantitative estimate of drug-likeness (QED) is 0.268. The summed E-state index contributed by atoms with van der Waals surface area (Å²) in [6, 6.07) is 9.67. The van der Waals surface area contributed by atoms with Crippen LogP contribution in [0.1, 0.15) is 51.3 Å². The largest absolute Gasteiger partial charge is 0.493 e. The maximum absolute atomic E-state index is 13.7. The number of aromatic nitrogens is 2. The Hall–Kier alpha value is -4.28. The minimum absolute atomic E-state index is 0.0228. The second-order valence-corrected chi connectivity index (χ2v) is 11.0. The van der Waals surface area contributed by atoms with Crippen LogP contribution in [0.4, 0.5) is 0 Å². The van der Waals surface area contributed by atoms with Crippen molar-refractivity contribution in [1.29, 1.82) is 0 Å². The lowest BCUT2D eigenvalue weighted by molar-refractivity contribution is 0.0135. The van der Waals surface area contributed by atoms with E-state index in [0.29, 0.717) is 35.0 Å². The van der Waals surface area contributed by atoms with E-state index in [2.05, 4.69) is 33.1 Å². The molecule has 10 nitrogen and oxygen atoms in total. The SMILES string of the molecule is COc1cc(-c2cc3cc(C(=O)NCc4c(C)cc(C)[nH]c4=O)c(C)c(C(C)C4CNCCO4)n3c2)cc(OC)c1OC. The molecule has 1 fully saturated rings. The number of aromatic amines is 1. The second kappa shape index (κ2) is 12.5. The van der Waals surface area contributed by atoms with Gasteiger partial charge in [-0.3, -0.25) is 9.59 Å². The molecule has 3 aromatic heterocycles. The van der Waals surface area contributed by atoms with Crippen LogP contribution in [-0.2, 0) is 11.3 Å². The summed E-state index contributed by atoms with van der Waals surface area (Å²) in [5, 5.41) is 6.41. The molecule has 0 aliphatic carbocycles. The first-order chi connectivity index (χ1) is 20.7. The van der Waals surface area contributed by atoms with Gasteiger partial charge in [-0.15, -0.1) is 0 Å². The first-order valence-corrected chi connectivity index (χ1v) is 14.4. The molecule has 10 heteroatoms. The number of ether oxygens (including phenoxy) is 4. The number of morpholine rings is 1. The second-order valence-electron chi connectivity index (χ2n) is 11.0. The molecular formula is C33H40N4O6. The zero-order valence-corrected chi connectivity index (χ0v) is 25.8. The summed E-state index contributed by atoms with van der Waals surface area (Å²) in [5.74, 6) is 1.36. The van der Waals surface area contributed by atoms with E-state index in [4.69, 9.17) is 18.9 Å². The maximum atomic E-state index is 13.7. The number of nitrogens with zero attached hydrogens (tertiary/aromatic N) is 1. The molecule has 4 heterocycles. The molecule has 0 bridgehead atoms. The number of hydrogen-bond donors (Lipinski definition) is 3. The third kappa shape index (κ3) is 5.85. The highest BCUT2D eigenvalue weighted by atomic mass is 16.5. The number of benzene rings is 1. The van der Waals surface area contributed by atoms with Crippen LogP contribution in [0.25, 0.3) is 16.6 Å². The zero-order chi connectivity index (χ0) is 30.8. The molecule has 4 aromatic rings. The van der Waals surface area contributed by atoms with Crippen LogP contribution >= 0.6 is 0 Å². The fraction of sp³-hybridized carbons (Fsp3) is 0.394. The molecule has 3 N–H and O–H groups in total. The highest BCUT2D eigenvalue weighted by molar-refractivity contribution is 5.97. The third-order valence-corrected chi connectivity index (χ3v) is 8.30. The molecule has 43 heavy (non-hydrogen) atoms. The molecular weight excluding hydrogens is 548 g/mol. The van der Waals surface area contributed by atoms with Gasteiger partial charge in [0.2, 0.25) is 5.75 Å². The number of H-pyrrole nitrogens is 1. The van der Waals surface area contributed by atoms with Gasteiger partial charge >= 0.3 is 0 Å². The highest BCUT2D eigenvalue weighted by Crippen LogP contribution is 2.42. The summed E-state index contributed by atoms with van der Waals surface area (Å²) >= 11 is 0. The van der Waals surface area contributed by atoms with Crippen LogP contribution in [-0.4, -0.2) is 62.4 Å². The van der Waals surface area contributed by atoms with Gasteiger partial charge in [-0.05, 0) is 67.8 Å².